The van der Waals surface area contributed by atoms with Gasteiger partial charge in [-0.2, -0.15) is 8.42 Å². The van der Waals surface area contributed by atoms with Crippen LogP contribution in [0.4, 0.5) is 0 Å². The zero-order valence-electron chi connectivity index (χ0n) is 7.02. The molecule has 0 aromatic rings. The Balaban J connectivity index is 2.57. The molecule has 1 atom stereocenters. The molecule has 1 rings (SSSR count). The Kier molecular flexibility index (Phi) is 3.05. The van der Waals surface area contributed by atoms with E-state index in [4.69, 9.17) is 4.55 Å². The lowest BCUT2D eigenvalue weighted by molar-refractivity contribution is 0.219. The molecular weight excluding hydrogens is 180 g/mol. The van der Waals surface area contributed by atoms with E-state index in [1.54, 1.807) is 4.90 Å². The number of rotatable bonds is 2. The predicted octanol–water partition coefficient (Wildman–Crippen LogP) is -0.875. The molecule has 1 aliphatic heterocycles. The van der Waals surface area contributed by atoms with Crippen LogP contribution in [0.15, 0.2) is 0 Å². The molecule has 0 aromatic carbocycles. The highest BCUT2D eigenvalue weighted by atomic mass is 32.2. The van der Waals surface area contributed by atoms with Crippen molar-refractivity contribution >= 4 is 10.1 Å². The summed E-state index contributed by atoms with van der Waals surface area (Å²) in [6, 6.07) is 0. The molecule has 1 fully saturated rings. The van der Waals surface area contributed by atoms with Gasteiger partial charge in [-0.3, -0.25) is 9.45 Å². The average Bonchev–Trinajstić information content (AvgIpc) is 2.03. The molecule has 0 bridgehead atoms. The fourth-order valence-electron chi connectivity index (χ4n) is 1.23. The number of nitrogens with one attached hydrogen (secondary N) is 1. The monoisotopic (exact) mass is 194 g/mol. The lowest BCUT2D eigenvalue weighted by atomic mass is 10.4. The molecule has 6 heteroatoms. The molecule has 1 aliphatic rings. The molecule has 72 valence electrons. The van der Waals surface area contributed by atoms with E-state index in [0.717, 1.165) is 13.1 Å². The van der Waals surface area contributed by atoms with Crippen molar-refractivity contribution in [3.8, 4) is 0 Å². The summed E-state index contributed by atoms with van der Waals surface area (Å²) in [5, 5.41) is 2.32. The van der Waals surface area contributed by atoms with Gasteiger partial charge >= 0.3 is 0 Å². The van der Waals surface area contributed by atoms with Crippen molar-refractivity contribution in [3.05, 3.63) is 0 Å². The van der Waals surface area contributed by atoms with Gasteiger partial charge in [-0.15, -0.1) is 0 Å². The van der Waals surface area contributed by atoms with E-state index in [1.165, 1.54) is 6.92 Å². The predicted molar refractivity (Wildman–Crippen MR) is 45.5 cm³/mol. The van der Waals surface area contributed by atoms with Crippen molar-refractivity contribution in [2.45, 2.75) is 12.3 Å². The van der Waals surface area contributed by atoms with E-state index in [-0.39, 0.29) is 0 Å². The molecule has 0 saturated carbocycles. The first-order valence-corrected chi connectivity index (χ1v) is 5.43. The zero-order chi connectivity index (χ0) is 9.19. The summed E-state index contributed by atoms with van der Waals surface area (Å²) in [5.41, 5.74) is 0. The van der Waals surface area contributed by atoms with Gasteiger partial charge in [-0.1, -0.05) is 0 Å². The Bertz CT molecular complexity index is 233. The fourth-order valence-corrected chi connectivity index (χ4v) is 1.82. The molecule has 0 amide bonds. The third-order valence-corrected chi connectivity index (χ3v) is 3.26. The Hall–Kier alpha value is -0.170. The Morgan fingerprint density at radius 1 is 1.42 bits per heavy atom. The summed E-state index contributed by atoms with van der Waals surface area (Å²) in [6.45, 7) is 4.39. The third kappa shape index (κ3) is 2.41. The van der Waals surface area contributed by atoms with Crippen LogP contribution >= 0.6 is 0 Å². The molecule has 2 N–H and O–H groups in total. The normalized spacial score (nSPS) is 23.8. The number of nitrogens with zero attached hydrogens (tertiary/aromatic N) is 1. The van der Waals surface area contributed by atoms with Gasteiger partial charge in [-0.25, -0.2) is 0 Å². The summed E-state index contributed by atoms with van der Waals surface area (Å²) >= 11 is 0. The SMILES string of the molecule is CC(N1CCNCC1)S(=O)(=O)O. The fraction of sp³-hybridized carbons (Fsp3) is 1.00. The molecule has 1 heterocycles. The van der Waals surface area contributed by atoms with E-state index >= 15 is 0 Å². The third-order valence-electron chi connectivity index (χ3n) is 2.10. The van der Waals surface area contributed by atoms with Gasteiger partial charge < -0.3 is 5.32 Å². The molecular formula is C6H14N2O3S. The highest BCUT2D eigenvalue weighted by Gasteiger charge is 2.25. The van der Waals surface area contributed by atoms with E-state index < -0.39 is 15.5 Å². The van der Waals surface area contributed by atoms with Crippen molar-refractivity contribution in [3.63, 3.8) is 0 Å². The van der Waals surface area contributed by atoms with Crippen molar-refractivity contribution in [2.24, 2.45) is 0 Å². The van der Waals surface area contributed by atoms with Crippen molar-refractivity contribution in [1.29, 1.82) is 0 Å². The van der Waals surface area contributed by atoms with Crippen LogP contribution in [0.3, 0.4) is 0 Å². The molecule has 5 nitrogen and oxygen atoms in total. The van der Waals surface area contributed by atoms with Crippen LogP contribution in [-0.2, 0) is 10.1 Å². The van der Waals surface area contributed by atoms with Gasteiger partial charge in [0.15, 0.2) is 0 Å². The summed E-state index contributed by atoms with van der Waals surface area (Å²) in [7, 11) is -3.90. The lowest BCUT2D eigenvalue weighted by Gasteiger charge is -2.30. The maximum atomic E-state index is 10.7. The van der Waals surface area contributed by atoms with Crippen LogP contribution in [-0.4, -0.2) is 49.4 Å². The second-order valence-corrected chi connectivity index (χ2v) is 4.61. The van der Waals surface area contributed by atoms with Gasteiger partial charge in [0.25, 0.3) is 10.1 Å². The number of piperazine rings is 1. The average molecular weight is 194 g/mol. The highest BCUT2D eigenvalue weighted by molar-refractivity contribution is 7.86. The zero-order valence-corrected chi connectivity index (χ0v) is 7.84. The van der Waals surface area contributed by atoms with Crippen LogP contribution in [0.25, 0.3) is 0 Å². The van der Waals surface area contributed by atoms with Crippen LogP contribution in [0.2, 0.25) is 0 Å². The topological polar surface area (TPSA) is 69.6 Å². The minimum Gasteiger partial charge on any atom is -0.314 e. The molecule has 1 saturated heterocycles. The molecule has 0 aliphatic carbocycles. The number of hydrogen-bond acceptors (Lipinski definition) is 4. The second-order valence-electron chi connectivity index (χ2n) is 2.90. The summed E-state index contributed by atoms with van der Waals surface area (Å²) in [5.74, 6) is 0. The summed E-state index contributed by atoms with van der Waals surface area (Å²) < 4.78 is 30.2. The van der Waals surface area contributed by atoms with Crippen LogP contribution in [0, 0.1) is 0 Å². The minimum atomic E-state index is -3.90. The molecule has 0 aromatic heterocycles. The maximum absolute atomic E-state index is 10.7. The van der Waals surface area contributed by atoms with Crippen LogP contribution in [0.1, 0.15) is 6.92 Å². The molecule has 1 unspecified atom stereocenters. The molecule has 0 spiro atoms. The van der Waals surface area contributed by atoms with Crippen molar-refractivity contribution in [2.75, 3.05) is 26.2 Å². The number of hydrogen-bond donors (Lipinski definition) is 2. The Labute approximate surface area is 72.5 Å². The van der Waals surface area contributed by atoms with Crippen molar-refractivity contribution < 1.29 is 13.0 Å². The maximum Gasteiger partial charge on any atom is 0.280 e. The van der Waals surface area contributed by atoms with E-state index in [0.29, 0.717) is 13.1 Å². The van der Waals surface area contributed by atoms with Gasteiger partial charge in [0, 0.05) is 26.2 Å². The van der Waals surface area contributed by atoms with Crippen LogP contribution < -0.4 is 5.32 Å². The van der Waals surface area contributed by atoms with E-state index in [9.17, 15) is 8.42 Å². The lowest BCUT2D eigenvalue weighted by Crippen LogP contribution is -2.49. The van der Waals surface area contributed by atoms with Gasteiger partial charge in [0.2, 0.25) is 0 Å². The van der Waals surface area contributed by atoms with E-state index in [2.05, 4.69) is 5.32 Å². The minimum absolute atomic E-state index is 0.668. The summed E-state index contributed by atoms with van der Waals surface area (Å²) in [4.78, 5) is 1.74. The highest BCUT2D eigenvalue weighted by Crippen LogP contribution is 2.05. The van der Waals surface area contributed by atoms with Gasteiger partial charge in [0.05, 0.1) is 0 Å². The smallest absolute Gasteiger partial charge is 0.280 e. The van der Waals surface area contributed by atoms with Crippen LogP contribution in [0.5, 0.6) is 0 Å². The largest absolute Gasteiger partial charge is 0.314 e. The summed E-state index contributed by atoms with van der Waals surface area (Å²) in [6.07, 6.45) is 0. The quantitative estimate of drug-likeness (QED) is 0.559. The first kappa shape index (κ1) is 9.91. The van der Waals surface area contributed by atoms with Crippen molar-refractivity contribution in [1.82, 2.24) is 10.2 Å². The van der Waals surface area contributed by atoms with Gasteiger partial charge in [-0.05, 0) is 6.92 Å². The first-order chi connectivity index (χ1) is 5.52. The van der Waals surface area contributed by atoms with E-state index in [1.807, 2.05) is 0 Å². The molecule has 0 radical (unpaired) electrons. The second kappa shape index (κ2) is 3.69. The first-order valence-electron chi connectivity index (χ1n) is 3.93. The standard InChI is InChI=1S/C6H14N2O3S/c1-6(12(9,10)11)8-4-2-7-3-5-8/h6-7H,2-5H2,1H3,(H,9,10,11). The Morgan fingerprint density at radius 3 is 2.33 bits per heavy atom. The Morgan fingerprint density at radius 2 is 1.92 bits per heavy atom. The van der Waals surface area contributed by atoms with Gasteiger partial charge in [0.1, 0.15) is 5.37 Å². The molecule has 12 heavy (non-hydrogen) atoms.